The number of amides is 1. The van der Waals surface area contributed by atoms with Gasteiger partial charge >= 0.3 is 5.97 Å². The maximum Gasteiger partial charge on any atom is 0.337 e. The highest BCUT2D eigenvalue weighted by Crippen LogP contribution is 2.29. The van der Waals surface area contributed by atoms with Crippen molar-refractivity contribution in [1.29, 1.82) is 0 Å². The summed E-state index contributed by atoms with van der Waals surface area (Å²) in [7, 11) is 0. The number of carbonyl (C=O) groups excluding carboxylic acids is 1. The van der Waals surface area contributed by atoms with Crippen molar-refractivity contribution in [1.82, 2.24) is 4.98 Å². The van der Waals surface area contributed by atoms with Crippen molar-refractivity contribution in [3.63, 3.8) is 0 Å². The molecule has 1 unspecified atom stereocenters. The van der Waals surface area contributed by atoms with Crippen LogP contribution in [0, 0.1) is 0 Å². The Morgan fingerprint density at radius 2 is 2.00 bits per heavy atom. The summed E-state index contributed by atoms with van der Waals surface area (Å²) in [5, 5.41) is 18.4. The van der Waals surface area contributed by atoms with E-state index in [1.807, 2.05) is 0 Å². The van der Waals surface area contributed by atoms with Crippen LogP contribution in [0.2, 0.25) is 0 Å². The number of pyridine rings is 1. The highest BCUT2D eigenvalue weighted by molar-refractivity contribution is 6.14. The molecule has 1 atom stereocenters. The van der Waals surface area contributed by atoms with Gasteiger partial charge in [0.2, 0.25) is 0 Å². The summed E-state index contributed by atoms with van der Waals surface area (Å²) in [6, 6.07) is 2.45. The van der Waals surface area contributed by atoms with Gasteiger partial charge in [-0.2, -0.15) is 0 Å². The smallest absolute Gasteiger partial charge is 0.337 e. The molecule has 2 N–H and O–H groups in total. The summed E-state index contributed by atoms with van der Waals surface area (Å²) in [6.07, 6.45) is 2.98. The second-order valence-corrected chi connectivity index (χ2v) is 3.62. The molecule has 0 radical (unpaired) electrons. The molecule has 1 amide bonds. The van der Waals surface area contributed by atoms with E-state index < -0.39 is 23.7 Å². The van der Waals surface area contributed by atoms with Crippen molar-refractivity contribution < 1.29 is 19.8 Å². The first-order chi connectivity index (χ1) is 8.04. The van der Waals surface area contributed by atoms with Crippen molar-refractivity contribution in [2.24, 2.45) is 0 Å². The number of carboxylic acids is 1. The lowest BCUT2D eigenvalue weighted by atomic mass is 10.1. The fourth-order valence-electron chi connectivity index (χ4n) is 1.86. The number of anilines is 1. The lowest BCUT2D eigenvalue weighted by Gasteiger charge is -2.21. The Morgan fingerprint density at radius 1 is 1.41 bits per heavy atom. The summed E-state index contributed by atoms with van der Waals surface area (Å²) in [5.74, 6) is -2.71. The average molecular weight is 234 g/mol. The van der Waals surface area contributed by atoms with Crippen LogP contribution < -0.4 is 4.90 Å². The maximum atomic E-state index is 11.8. The molecule has 0 aromatic carbocycles. The van der Waals surface area contributed by atoms with Gasteiger partial charge in [-0.25, -0.2) is 4.79 Å². The fourth-order valence-corrected chi connectivity index (χ4v) is 1.86. The van der Waals surface area contributed by atoms with Crippen molar-refractivity contribution in [2.75, 3.05) is 4.90 Å². The number of hydrogen-bond donors (Lipinski definition) is 2. The van der Waals surface area contributed by atoms with Gasteiger partial charge in [0.15, 0.2) is 5.76 Å². The monoisotopic (exact) mass is 234 g/mol. The third-order valence-electron chi connectivity index (χ3n) is 2.65. The normalized spacial score (nSPS) is 19.9. The van der Waals surface area contributed by atoms with Crippen LogP contribution in [0.15, 0.2) is 35.9 Å². The number of hydrogen-bond acceptors (Lipinski definition) is 4. The first-order valence-corrected chi connectivity index (χ1v) is 4.94. The van der Waals surface area contributed by atoms with Gasteiger partial charge in [-0.1, -0.05) is 0 Å². The minimum atomic E-state index is -1.29. The van der Waals surface area contributed by atoms with E-state index >= 15 is 0 Å². The Labute approximate surface area is 96.8 Å². The van der Waals surface area contributed by atoms with E-state index in [9.17, 15) is 14.7 Å². The Morgan fingerprint density at radius 3 is 2.47 bits per heavy atom. The van der Waals surface area contributed by atoms with Gasteiger partial charge in [0.25, 0.3) is 5.91 Å². The molecule has 6 heteroatoms. The molecule has 0 aliphatic carbocycles. The molecule has 1 aromatic rings. The molecule has 0 saturated heterocycles. The van der Waals surface area contributed by atoms with Gasteiger partial charge in [-0.15, -0.1) is 0 Å². The first-order valence-electron chi connectivity index (χ1n) is 4.94. The van der Waals surface area contributed by atoms with Crippen molar-refractivity contribution in [3.05, 3.63) is 35.9 Å². The number of nitrogens with zero attached hydrogens (tertiary/aromatic N) is 2. The van der Waals surface area contributed by atoms with Crippen LogP contribution in [0.5, 0.6) is 0 Å². The van der Waals surface area contributed by atoms with Crippen LogP contribution in [0.4, 0.5) is 5.69 Å². The zero-order valence-electron chi connectivity index (χ0n) is 8.99. The minimum absolute atomic E-state index is 0.285. The van der Waals surface area contributed by atoms with Crippen LogP contribution in [0.25, 0.3) is 0 Å². The molecule has 1 aromatic heterocycles. The van der Waals surface area contributed by atoms with E-state index in [2.05, 4.69) is 4.98 Å². The molecule has 0 bridgehead atoms. The van der Waals surface area contributed by atoms with Crippen molar-refractivity contribution in [2.45, 2.75) is 13.0 Å². The third kappa shape index (κ3) is 1.63. The highest BCUT2D eigenvalue weighted by atomic mass is 16.4. The second-order valence-electron chi connectivity index (χ2n) is 3.62. The summed E-state index contributed by atoms with van der Waals surface area (Å²) < 4.78 is 0. The fraction of sp³-hybridized carbons (Fsp3) is 0.182. The predicted octanol–water partition coefficient (Wildman–Crippen LogP) is 0.713. The zero-order chi connectivity index (χ0) is 12.6. The molecule has 0 spiro atoms. The summed E-state index contributed by atoms with van der Waals surface area (Å²) in [5.41, 5.74) is 0.215. The van der Waals surface area contributed by atoms with Crippen LogP contribution in [-0.4, -0.2) is 33.1 Å². The van der Waals surface area contributed by atoms with E-state index in [4.69, 9.17) is 5.11 Å². The molecule has 1 aliphatic heterocycles. The molecular formula is C11H10N2O4. The van der Waals surface area contributed by atoms with E-state index in [0.717, 1.165) is 0 Å². The number of carboxylic acid groups (broad SMARTS) is 1. The molecule has 88 valence electrons. The van der Waals surface area contributed by atoms with E-state index in [1.54, 1.807) is 19.1 Å². The number of aliphatic carboxylic acids is 1. The first kappa shape index (κ1) is 11.1. The topological polar surface area (TPSA) is 90.7 Å². The molecule has 6 nitrogen and oxygen atoms in total. The summed E-state index contributed by atoms with van der Waals surface area (Å²) in [4.78, 5) is 27.7. The Hall–Kier alpha value is -2.37. The largest absolute Gasteiger partial charge is 0.503 e. The lowest BCUT2D eigenvalue weighted by molar-refractivity contribution is -0.133. The van der Waals surface area contributed by atoms with E-state index in [1.165, 1.54) is 17.3 Å². The molecule has 0 saturated carbocycles. The van der Waals surface area contributed by atoms with E-state index in [-0.39, 0.29) is 5.57 Å². The van der Waals surface area contributed by atoms with Gasteiger partial charge in [-0.05, 0) is 19.1 Å². The van der Waals surface area contributed by atoms with Crippen molar-refractivity contribution in [3.8, 4) is 0 Å². The summed E-state index contributed by atoms with van der Waals surface area (Å²) in [6.45, 7) is 1.55. The van der Waals surface area contributed by atoms with Crippen LogP contribution >= 0.6 is 0 Å². The van der Waals surface area contributed by atoms with Gasteiger partial charge in [0.1, 0.15) is 5.57 Å². The number of aliphatic hydroxyl groups is 1. The molecule has 2 rings (SSSR count). The molecule has 0 fully saturated rings. The van der Waals surface area contributed by atoms with Crippen molar-refractivity contribution >= 4 is 17.6 Å². The molecular weight excluding hydrogens is 224 g/mol. The lowest BCUT2D eigenvalue weighted by Crippen LogP contribution is -2.34. The standard InChI is InChI=1S/C11H10N2O4/c1-6-8(11(16)17)9(14)10(15)13(6)7-2-4-12-5-3-7/h2-6,14H,1H3,(H,16,17). The highest BCUT2D eigenvalue weighted by Gasteiger charge is 2.41. The van der Waals surface area contributed by atoms with Gasteiger partial charge in [0.05, 0.1) is 6.04 Å². The van der Waals surface area contributed by atoms with Gasteiger partial charge in [-0.3, -0.25) is 14.7 Å². The quantitative estimate of drug-likeness (QED) is 0.786. The van der Waals surface area contributed by atoms with E-state index in [0.29, 0.717) is 5.69 Å². The van der Waals surface area contributed by atoms with Gasteiger partial charge < -0.3 is 10.2 Å². The van der Waals surface area contributed by atoms with Crippen LogP contribution in [-0.2, 0) is 9.59 Å². The Bertz CT molecular complexity index is 509. The average Bonchev–Trinajstić information content (AvgIpc) is 2.51. The molecule has 2 heterocycles. The second kappa shape index (κ2) is 3.89. The Kier molecular flexibility index (Phi) is 2.55. The maximum absolute atomic E-state index is 11.8. The van der Waals surface area contributed by atoms with Gasteiger partial charge in [0, 0.05) is 18.1 Å². The zero-order valence-corrected chi connectivity index (χ0v) is 8.99. The summed E-state index contributed by atoms with van der Waals surface area (Å²) >= 11 is 0. The molecule has 1 aliphatic rings. The number of aliphatic hydroxyl groups excluding tert-OH is 1. The number of carbonyl (C=O) groups is 2. The molecule has 17 heavy (non-hydrogen) atoms. The van der Waals surface area contributed by atoms with Crippen LogP contribution in [0.3, 0.4) is 0 Å². The van der Waals surface area contributed by atoms with Crippen LogP contribution in [0.1, 0.15) is 6.92 Å². The number of aromatic nitrogens is 1. The minimum Gasteiger partial charge on any atom is -0.503 e. The third-order valence-corrected chi connectivity index (χ3v) is 2.65. The predicted molar refractivity (Wildman–Crippen MR) is 58.5 cm³/mol. The number of rotatable bonds is 2. The Balaban J connectivity index is 2.44. The SMILES string of the molecule is CC1C(C(=O)O)=C(O)C(=O)N1c1ccncc1.